The highest BCUT2D eigenvalue weighted by Gasteiger charge is 2.06. The Morgan fingerprint density at radius 2 is 2.00 bits per heavy atom. The summed E-state index contributed by atoms with van der Waals surface area (Å²) in [5.74, 6) is -0.751. The van der Waals surface area contributed by atoms with Crippen molar-refractivity contribution in [1.29, 1.82) is 0 Å². The van der Waals surface area contributed by atoms with Crippen LogP contribution in [0.2, 0.25) is 0 Å². The molecule has 0 fully saturated rings. The van der Waals surface area contributed by atoms with Gasteiger partial charge in [0.15, 0.2) is 0 Å². The molecule has 0 unspecified atom stereocenters. The van der Waals surface area contributed by atoms with Gasteiger partial charge < -0.3 is 9.92 Å². The normalized spacial score (nSPS) is 9.67. The molecule has 0 aliphatic rings. The Bertz CT molecular complexity index is 93.0. The first kappa shape index (κ1) is 8.49. The molecule has 0 aromatic carbocycles. The van der Waals surface area contributed by atoms with Crippen LogP contribution in [0.15, 0.2) is 0 Å². The maximum Gasteiger partial charge on any atom is 0.340 e. The van der Waals surface area contributed by atoms with E-state index in [4.69, 9.17) is 5.11 Å². The molecule has 0 spiro atoms. The van der Waals surface area contributed by atoms with Crippen LogP contribution in [0.25, 0.3) is 0 Å². The van der Waals surface area contributed by atoms with Gasteiger partial charge in [-0.1, -0.05) is 13.8 Å². The van der Waals surface area contributed by atoms with E-state index in [1.165, 1.54) is 0 Å². The van der Waals surface area contributed by atoms with E-state index in [1.54, 1.807) is 0 Å². The molecule has 0 aromatic rings. The van der Waals surface area contributed by atoms with Crippen LogP contribution in [-0.4, -0.2) is 36.3 Å². The summed E-state index contributed by atoms with van der Waals surface area (Å²) >= 11 is 0. The zero-order chi connectivity index (χ0) is 7.28. The molecule has 0 aliphatic heterocycles. The van der Waals surface area contributed by atoms with Crippen LogP contribution >= 0.6 is 0 Å². The van der Waals surface area contributed by atoms with Gasteiger partial charge >= 0.3 is 7.41 Å². The minimum Gasteiger partial charge on any atom is -0.488 e. The van der Waals surface area contributed by atoms with Crippen molar-refractivity contribution in [3.63, 3.8) is 0 Å². The fourth-order valence-corrected chi connectivity index (χ4v) is 0.639. The van der Waals surface area contributed by atoms with Crippen LogP contribution in [0.4, 0.5) is 4.79 Å². The predicted octanol–water partition coefficient (Wildman–Crippen LogP) is 0.358. The van der Waals surface area contributed by atoms with Gasteiger partial charge in [0.05, 0.1) is 0 Å². The van der Waals surface area contributed by atoms with Crippen molar-refractivity contribution in [1.82, 2.24) is 4.81 Å². The van der Waals surface area contributed by atoms with E-state index < -0.39 is 5.87 Å². The van der Waals surface area contributed by atoms with Crippen molar-refractivity contribution < 1.29 is 9.90 Å². The summed E-state index contributed by atoms with van der Waals surface area (Å²) < 4.78 is 0. The average Bonchev–Trinajstić information content (AvgIpc) is 1.82. The van der Waals surface area contributed by atoms with E-state index in [0.717, 1.165) is 13.1 Å². The van der Waals surface area contributed by atoms with Gasteiger partial charge in [-0.3, -0.25) is 4.79 Å². The molecule has 0 saturated carbocycles. The lowest BCUT2D eigenvalue weighted by molar-refractivity contribution is 0.217. The summed E-state index contributed by atoms with van der Waals surface area (Å²) in [6.07, 6.45) is 0. The minimum absolute atomic E-state index is 0.160. The molecule has 0 atom stereocenters. The summed E-state index contributed by atoms with van der Waals surface area (Å²) in [5.41, 5.74) is 0. The monoisotopic (exact) mass is 129 g/mol. The first-order valence-electron chi connectivity index (χ1n) is 3.14. The Morgan fingerprint density at radius 1 is 1.56 bits per heavy atom. The molecule has 52 valence electrons. The number of nitrogens with zero attached hydrogens (tertiary/aromatic N) is 1. The third kappa shape index (κ3) is 4.03. The largest absolute Gasteiger partial charge is 0.488 e. The van der Waals surface area contributed by atoms with Gasteiger partial charge in [-0.15, -0.1) is 0 Å². The van der Waals surface area contributed by atoms with Gasteiger partial charge in [-0.25, -0.2) is 0 Å². The quantitative estimate of drug-likeness (QED) is 0.557. The number of rotatable bonds is 4. The Labute approximate surface area is 55.9 Å². The lowest BCUT2D eigenvalue weighted by atomic mass is 9.92. The maximum absolute atomic E-state index is 10.1. The van der Waals surface area contributed by atoms with E-state index in [9.17, 15) is 4.79 Å². The molecule has 3 nitrogen and oxygen atoms in total. The van der Waals surface area contributed by atoms with Crippen molar-refractivity contribution in [2.75, 3.05) is 13.1 Å². The number of carboxylic acid groups (broad SMARTS) is 1. The lowest BCUT2D eigenvalue weighted by Crippen LogP contribution is -2.32. The first-order valence-corrected chi connectivity index (χ1v) is 3.14. The average molecular weight is 129 g/mol. The molecule has 0 bridgehead atoms. The summed E-state index contributed by atoms with van der Waals surface area (Å²) in [6, 6.07) is 0. The number of hydrogen-bond acceptors (Lipinski definition) is 2. The van der Waals surface area contributed by atoms with Crippen LogP contribution in [0.3, 0.4) is 0 Å². The summed E-state index contributed by atoms with van der Waals surface area (Å²) in [5, 5.41) is 8.30. The van der Waals surface area contributed by atoms with Crippen molar-refractivity contribution in [2.24, 2.45) is 0 Å². The Hall–Kier alpha value is -0.505. The Kier molecular flexibility index (Phi) is 4.14. The Balaban J connectivity index is 3.43. The smallest absolute Gasteiger partial charge is 0.340 e. The standard InChI is InChI=1S/C5H12BNO2/c1-3-7(4-2)6-5(8)9/h6H,3-4H2,1-2H3,(H,8,9). The molecule has 0 rings (SSSR count). The van der Waals surface area contributed by atoms with Crippen molar-refractivity contribution >= 4 is 13.3 Å². The van der Waals surface area contributed by atoms with Gasteiger partial charge in [-0.05, 0) is 13.1 Å². The van der Waals surface area contributed by atoms with Crippen molar-refractivity contribution in [2.45, 2.75) is 13.8 Å². The molecular formula is C5H12BNO2. The number of hydrogen-bond donors (Lipinski definition) is 1. The molecule has 1 N–H and O–H groups in total. The fourth-order valence-electron chi connectivity index (χ4n) is 0.639. The van der Waals surface area contributed by atoms with Crippen LogP contribution in [0.5, 0.6) is 0 Å². The Morgan fingerprint density at radius 3 is 2.11 bits per heavy atom. The number of carbonyl (C=O) groups is 1. The summed E-state index contributed by atoms with van der Waals surface area (Å²) in [6.45, 7) is 5.52. The molecule has 4 heteroatoms. The maximum atomic E-state index is 10.1. The zero-order valence-corrected chi connectivity index (χ0v) is 5.92. The van der Waals surface area contributed by atoms with E-state index in [1.807, 2.05) is 18.7 Å². The molecular weight excluding hydrogens is 117 g/mol. The summed E-state index contributed by atoms with van der Waals surface area (Å²) in [7, 11) is 0.160. The van der Waals surface area contributed by atoms with Crippen LogP contribution < -0.4 is 0 Å². The summed E-state index contributed by atoms with van der Waals surface area (Å²) in [4.78, 5) is 11.9. The lowest BCUT2D eigenvalue weighted by Gasteiger charge is -2.12. The van der Waals surface area contributed by atoms with E-state index >= 15 is 0 Å². The van der Waals surface area contributed by atoms with Crippen molar-refractivity contribution in [3.8, 4) is 0 Å². The van der Waals surface area contributed by atoms with E-state index in [0.29, 0.717) is 0 Å². The molecule has 0 saturated heterocycles. The molecule has 0 heterocycles. The minimum atomic E-state index is -0.751. The second-order valence-corrected chi connectivity index (χ2v) is 1.86. The zero-order valence-electron chi connectivity index (χ0n) is 5.92. The SMILES string of the molecule is CCN(BC(=O)O)CC. The van der Waals surface area contributed by atoms with Crippen molar-refractivity contribution in [3.05, 3.63) is 0 Å². The van der Waals surface area contributed by atoms with Crippen LogP contribution in [-0.2, 0) is 0 Å². The molecule has 0 aromatic heterocycles. The van der Waals surface area contributed by atoms with Crippen LogP contribution in [0.1, 0.15) is 13.8 Å². The predicted molar refractivity (Wildman–Crippen MR) is 38.1 cm³/mol. The topological polar surface area (TPSA) is 40.5 Å². The van der Waals surface area contributed by atoms with E-state index in [2.05, 4.69) is 0 Å². The van der Waals surface area contributed by atoms with Gasteiger partial charge in [0.2, 0.25) is 0 Å². The highest BCUT2D eigenvalue weighted by Crippen LogP contribution is 1.82. The second kappa shape index (κ2) is 4.38. The van der Waals surface area contributed by atoms with E-state index in [-0.39, 0.29) is 7.41 Å². The third-order valence-corrected chi connectivity index (χ3v) is 1.25. The molecule has 9 heavy (non-hydrogen) atoms. The first-order chi connectivity index (χ1) is 4.20. The fraction of sp³-hybridized carbons (Fsp3) is 0.800. The second-order valence-electron chi connectivity index (χ2n) is 1.86. The highest BCUT2D eigenvalue weighted by atomic mass is 16.4. The highest BCUT2D eigenvalue weighted by molar-refractivity contribution is 6.69. The van der Waals surface area contributed by atoms with Crippen LogP contribution in [0, 0.1) is 0 Å². The van der Waals surface area contributed by atoms with Gasteiger partial charge in [0, 0.05) is 0 Å². The third-order valence-electron chi connectivity index (χ3n) is 1.25. The van der Waals surface area contributed by atoms with Gasteiger partial charge in [0.25, 0.3) is 5.87 Å². The molecule has 0 aliphatic carbocycles. The van der Waals surface area contributed by atoms with Gasteiger partial charge in [0.1, 0.15) is 0 Å². The molecule has 0 amide bonds. The molecule has 0 radical (unpaired) electrons. The van der Waals surface area contributed by atoms with Gasteiger partial charge in [-0.2, -0.15) is 0 Å².